The molecule has 1 fully saturated rings. The fourth-order valence-corrected chi connectivity index (χ4v) is 3.63. The molecule has 0 saturated heterocycles. The monoisotopic (exact) mass is 325 g/mol. The summed E-state index contributed by atoms with van der Waals surface area (Å²) in [6.45, 7) is 7.32. The Morgan fingerprint density at radius 2 is 2.05 bits per heavy atom. The fourth-order valence-electron chi connectivity index (χ4n) is 2.82. The molecule has 1 amide bonds. The summed E-state index contributed by atoms with van der Waals surface area (Å²) >= 11 is 1.43. The quantitative estimate of drug-likeness (QED) is 0.752. The predicted molar refractivity (Wildman–Crippen MR) is 87.6 cm³/mol. The van der Waals surface area contributed by atoms with Gasteiger partial charge in [0.15, 0.2) is 0 Å². The highest BCUT2D eigenvalue weighted by atomic mass is 32.2. The molecule has 0 N–H and O–H groups in total. The highest BCUT2D eigenvalue weighted by Crippen LogP contribution is 2.27. The minimum Gasteiger partial charge on any atom is -0.342 e. The minimum atomic E-state index is 0.170. The summed E-state index contributed by atoms with van der Waals surface area (Å²) in [6, 6.07) is 0.399. The number of carbonyl (C=O) groups excluding carboxylic acids is 1. The van der Waals surface area contributed by atoms with E-state index < -0.39 is 0 Å². The largest absolute Gasteiger partial charge is 0.342 e. The topological polar surface area (TPSA) is 63.9 Å². The molecule has 1 aromatic rings. The summed E-state index contributed by atoms with van der Waals surface area (Å²) in [4.78, 5) is 14.3. The second kappa shape index (κ2) is 7.94. The molecule has 1 saturated carbocycles. The summed E-state index contributed by atoms with van der Waals surface area (Å²) < 4.78 is 1.78. The summed E-state index contributed by atoms with van der Waals surface area (Å²) in [5.74, 6) is 1.85. The van der Waals surface area contributed by atoms with Gasteiger partial charge in [0.25, 0.3) is 0 Å². The third-order valence-electron chi connectivity index (χ3n) is 4.29. The van der Waals surface area contributed by atoms with E-state index in [9.17, 15) is 4.79 Å². The lowest BCUT2D eigenvalue weighted by atomic mass is 9.87. The Morgan fingerprint density at radius 1 is 1.36 bits per heavy atom. The van der Waals surface area contributed by atoms with Gasteiger partial charge in [-0.2, -0.15) is 0 Å². The van der Waals surface area contributed by atoms with Gasteiger partial charge in [-0.15, -0.1) is 5.10 Å². The number of rotatable bonds is 6. The number of amides is 1. The van der Waals surface area contributed by atoms with Crippen LogP contribution in [0.1, 0.15) is 46.5 Å². The average Bonchev–Trinajstić information content (AvgIpc) is 2.91. The predicted octanol–water partition coefficient (Wildman–Crippen LogP) is 2.46. The number of aromatic nitrogens is 4. The van der Waals surface area contributed by atoms with Crippen molar-refractivity contribution >= 4 is 17.7 Å². The van der Waals surface area contributed by atoms with Crippen LogP contribution >= 0.6 is 11.8 Å². The first kappa shape index (κ1) is 17.2. The van der Waals surface area contributed by atoms with Gasteiger partial charge in [-0.1, -0.05) is 32.5 Å². The molecule has 0 aromatic carbocycles. The molecule has 0 atom stereocenters. The van der Waals surface area contributed by atoms with E-state index in [1.807, 2.05) is 11.9 Å². The van der Waals surface area contributed by atoms with Crippen molar-refractivity contribution in [3.63, 3.8) is 0 Å². The third kappa shape index (κ3) is 4.69. The number of thioether (sulfide) groups is 1. The van der Waals surface area contributed by atoms with E-state index in [1.54, 1.807) is 4.68 Å². The van der Waals surface area contributed by atoms with Crippen molar-refractivity contribution in [2.45, 2.75) is 64.2 Å². The Hall–Kier alpha value is -1.11. The Kier molecular flexibility index (Phi) is 6.23. The van der Waals surface area contributed by atoms with Crippen LogP contribution in [-0.4, -0.2) is 49.9 Å². The zero-order valence-corrected chi connectivity index (χ0v) is 14.8. The van der Waals surface area contributed by atoms with Gasteiger partial charge in [-0.25, -0.2) is 4.68 Å². The molecule has 0 bridgehead atoms. The summed E-state index contributed by atoms with van der Waals surface area (Å²) in [6.07, 6.45) is 4.70. The highest BCUT2D eigenvalue weighted by Gasteiger charge is 2.25. The molecule has 7 heteroatoms. The smallest absolute Gasteiger partial charge is 0.233 e. The lowest BCUT2D eigenvalue weighted by Crippen LogP contribution is -2.40. The van der Waals surface area contributed by atoms with Crippen molar-refractivity contribution < 1.29 is 4.79 Å². The lowest BCUT2D eigenvalue weighted by Gasteiger charge is -2.33. The van der Waals surface area contributed by atoms with E-state index in [0.29, 0.717) is 17.7 Å². The third-order valence-corrected chi connectivity index (χ3v) is 5.23. The molecule has 0 radical (unpaired) electrons. The molecule has 124 valence electrons. The number of hydrogen-bond acceptors (Lipinski definition) is 5. The van der Waals surface area contributed by atoms with Crippen LogP contribution in [0.2, 0.25) is 0 Å². The van der Waals surface area contributed by atoms with Gasteiger partial charge in [-0.3, -0.25) is 4.79 Å². The van der Waals surface area contributed by atoms with E-state index in [0.717, 1.165) is 30.5 Å². The molecular formula is C15H27N5OS. The maximum Gasteiger partial charge on any atom is 0.233 e. The van der Waals surface area contributed by atoms with Crippen LogP contribution in [-0.2, 0) is 11.3 Å². The first-order chi connectivity index (χ1) is 10.5. The standard InChI is InChI=1S/C15H27N5OS/c1-11(2)9-20-15(16-17-18-20)22-10-14(21)19(4)13-7-5-12(3)6-8-13/h11-13H,5-10H2,1-4H3. The Morgan fingerprint density at radius 3 is 2.68 bits per heavy atom. The maximum atomic E-state index is 12.4. The van der Waals surface area contributed by atoms with E-state index in [2.05, 4.69) is 36.3 Å². The number of nitrogens with zero attached hydrogens (tertiary/aromatic N) is 5. The Bertz CT molecular complexity index is 482. The van der Waals surface area contributed by atoms with Gasteiger partial charge in [-0.05, 0) is 47.9 Å². The van der Waals surface area contributed by atoms with Crippen LogP contribution < -0.4 is 0 Å². The lowest BCUT2D eigenvalue weighted by molar-refractivity contribution is -0.129. The molecule has 1 aromatic heterocycles. The van der Waals surface area contributed by atoms with Gasteiger partial charge < -0.3 is 4.90 Å². The molecule has 0 spiro atoms. The van der Waals surface area contributed by atoms with Gasteiger partial charge in [0, 0.05) is 19.6 Å². The zero-order chi connectivity index (χ0) is 16.1. The highest BCUT2D eigenvalue weighted by molar-refractivity contribution is 7.99. The average molecular weight is 325 g/mol. The van der Waals surface area contributed by atoms with Crippen molar-refractivity contribution in [1.82, 2.24) is 25.1 Å². The SMILES string of the molecule is CC(C)Cn1nnnc1SCC(=O)N(C)C1CCC(C)CC1. The normalized spacial score (nSPS) is 22.0. The number of tetrazole rings is 1. The van der Waals surface area contributed by atoms with Crippen LogP contribution in [0.15, 0.2) is 5.16 Å². The molecule has 1 aliphatic rings. The minimum absolute atomic E-state index is 0.170. The molecule has 0 unspecified atom stereocenters. The molecule has 0 aliphatic heterocycles. The van der Waals surface area contributed by atoms with Crippen LogP contribution in [0.5, 0.6) is 0 Å². The van der Waals surface area contributed by atoms with Crippen LogP contribution in [0.25, 0.3) is 0 Å². The Labute approximate surface area is 137 Å². The molecule has 2 rings (SSSR count). The second-order valence-electron chi connectivity index (χ2n) is 6.74. The van der Waals surface area contributed by atoms with Gasteiger partial charge in [0.05, 0.1) is 5.75 Å². The second-order valence-corrected chi connectivity index (χ2v) is 7.69. The Balaban J connectivity index is 1.83. The van der Waals surface area contributed by atoms with Crippen LogP contribution in [0.3, 0.4) is 0 Å². The van der Waals surface area contributed by atoms with Crippen LogP contribution in [0, 0.1) is 11.8 Å². The number of carbonyl (C=O) groups is 1. The fraction of sp³-hybridized carbons (Fsp3) is 0.867. The van der Waals surface area contributed by atoms with Crippen LogP contribution in [0.4, 0.5) is 0 Å². The number of hydrogen-bond donors (Lipinski definition) is 0. The molecular weight excluding hydrogens is 298 g/mol. The summed E-state index contributed by atoms with van der Waals surface area (Å²) in [7, 11) is 1.93. The molecule has 6 nitrogen and oxygen atoms in total. The van der Waals surface area contributed by atoms with Crippen molar-refractivity contribution in [2.24, 2.45) is 11.8 Å². The zero-order valence-electron chi connectivity index (χ0n) is 14.0. The van der Waals surface area contributed by atoms with E-state index >= 15 is 0 Å². The van der Waals surface area contributed by atoms with Gasteiger partial charge in [0.1, 0.15) is 0 Å². The van der Waals surface area contributed by atoms with Crippen molar-refractivity contribution in [3.05, 3.63) is 0 Å². The van der Waals surface area contributed by atoms with Crippen molar-refractivity contribution in [1.29, 1.82) is 0 Å². The molecule has 1 heterocycles. The molecule has 1 aliphatic carbocycles. The van der Waals surface area contributed by atoms with E-state index in [4.69, 9.17) is 0 Å². The first-order valence-electron chi connectivity index (χ1n) is 8.12. The molecule has 22 heavy (non-hydrogen) atoms. The summed E-state index contributed by atoms with van der Waals surface area (Å²) in [5, 5.41) is 12.4. The maximum absolute atomic E-state index is 12.4. The van der Waals surface area contributed by atoms with Gasteiger partial charge >= 0.3 is 0 Å². The van der Waals surface area contributed by atoms with Crippen molar-refractivity contribution in [3.8, 4) is 0 Å². The van der Waals surface area contributed by atoms with Crippen molar-refractivity contribution in [2.75, 3.05) is 12.8 Å². The summed E-state index contributed by atoms with van der Waals surface area (Å²) in [5.41, 5.74) is 0. The van der Waals surface area contributed by atoms with E-state index in [-0.39, 0.29) is 5.91 Å². The van der Waals surface area contributed by atoms with E-state index in [1.165, 1.54) is 24.6 Å². The van der Waals surface area contributed by atoms with Gasteiger partial charge in [0.2, 0.25) is 11.1 Å². The first-order valence-corrected chi connectivity index (χ1v) is 9.10.